The van der Waals surface area contributed by atoms with Gasteiger partial charge in [0.1, 0.15) is 6.04 Å². The number of carbonyl (C=O) groups excluding carboxylic acids is 2. The summed E-state index contributed by atoms with van der Waals surface area (Å²) in [7, 11) is 0. The fourth-order valence-electron chi connectivity index (χ4n) is 2.42. The highest BCUT2D eigenvalue weighted by Gasteiger charge is 2.22. The van der Waals surface area contributed by atoms with Crippen LogP contribution in [-0.4, -0.2) is 17.9 Å². The van der Waals surface area contributed by atoms with Crippen LogP contribution in [0.3, 0.4) is 0 Å². The van der Waals surface area contributed by atoms with Crippen molar-refractivity contribution < 1.29 is 9.59 Å². The van der Waals surface area contributed by atoms with E-state index in [0.29, 0.717) is 31.6 Å². The van der Waals surface area contributed by atoms with Gasteiger partial charge in [-0.25, -0.2) is 0 Å². The van der Waals surface area contributed by atoms with Crippen LogP contribution in [0.4, 0.5) is 0 Å². The molecule has 18 heavy (non-hydrogen) atoms. The number of carbonyl (C=O) groups is 2. The van der Waals surface area contributed by atoms with Crippen LogP contribution in [0.2, 0.25) is 0 Å². The van der Waals surface area contributed by atoms with Crippen molar-refractivity contribution in [3.8, 4) is 12.3 Å². The predicted molar refractivity (Wildman–Crippen MR) is 70.4 cm³/mol. The Hall–Kier alpha value is -1.50. The zero-order valence-corrected chi connectivity index (χ0v) is 10.8. The average Bonchev–Trinajstić information content (AvgIpc) is 2.80. The molecule has 0 bridgehead atoms. The van der Waals surface area contributed by atoms with Gasteiger partial charge < -0.3 is 11.1 Å². The molecular weight excluding hydrogens is 228 g/mol. The molecule has 0 aromatic carbocycles. The van der Waals surface area contributed by atoms with Crippen LogP contribution >= 0.6 is 0 Å². The minimum atomic E-state index is -0.577. The summed E-state index contributed by atoms with van der Waals surface area (Å²) in [4.78, 5) is 23.0. The number of terminal acetylenes is 1. The molecule has 1 saturated carbocycles. The molecule has 4 heteroatoms. The van der Waals surface area contributed by atoms with E-state index in [1.807, 2.05) is 0 Å². The zero-order valence-electron chi connectivity index (χ0n) is 10.8. The lowest BCUT2D eigenvalue weighted by atomic mass is 10.0. The van der Waals surface area contributed by atoms with Crippen LogP contribution in [0.25, 0.3) is 0 Å². The molecule has 1 rings (SSSR count). The van der Waals surface area contributed by atoms with E-state index >= 15 is 0 Å². The molecule has 0 aromatic rings. The van der Waals surface area contributed by atoms with Crippen molar-refractivity contribution >= 4 is 11.8 Å². The molecule has 0 aromatic heterocycles. The van der Waals surface area contributed by atoms with Crippen molar-refractivity contribution in [2.24, 2.45) is 11.7 Å². The van der Waals surface area contributed by atoms with Gasteiger partial charge in [-0.05, 0) is 31.6 Å². The van der Waals surface area contributed by atoms with Gasteiger partial charge in [0, 0.05) is 12.8 Å². The normalized spacial score (nSPS) is 17.1. The van der Waals surface area contributed by atoms with Crippen molar-refractivity contribution in [3.63, 3.8) is 0 Å². The maximum atomic E-state index is 11.8. The van der Waals surface area contributed by atoms with Crippen LogP contribution in [-0.2, 0) is 9.59 Å². The van der Waals surface area contributed by atoms with E-state index in [-0.39, 0.29) is 5.91 Å². The fourth-order valence-corrected chi connectivity index (χ4v) is 2.42. The molecule has 1 aliphatic rings. The number of amides is 2. The number of hydrogen-bond acceptors (Lipinski definition) is 2. The summed E-state index contributed by atoms with van der Waals surface area (Å²) in [5, 5.41) is 2.72. The Bertz CT molecular complexity index is 327. The summed E-state index contributed by atoms with van der Waals surface area (Å²) < 4.78 is 0. The highest BCUT2D eigenvalue weighted by Crippen LogP contribution is 2.27. The summed E-state index contributed by atoms with van der Waals surface area (Å²) in [6, 6.07) is -0.577. The summed E-state index contributed by atoms with van der Waals surface area (Å²) in [5.74, 6) is 2.44. The standard InChI is InChI=1S/C14H22N2O2/c1-2-3-4-9-12(14(15)18)16-13(17)10-11-7-5-6-8-11/h1,11-12H,3-10H2,(H2,15,18)(H,16,17)/t12-/m0/s1. The van der Waals surface area contributed by atoms with Crippen LogP contribution in [0, 0.1) is 18.3 Å². The fraction of sp³-hybridized carbons (Fsp3) is 0.714. The second kappa shape index (κ2) is 7.75. The second-order valence-corrected chi connectivity index (χ2v) is 4.97. The molecule has 0 aliphatic heterocycles. The first-order valence-electron chi connectivity index (χ1n) is 6.65. The monoisotopic (exact) mass is 250 g/mol. The molecule has 100 valence electrons. The minimum absolute atomic E-state index is 0.0635. The second-order valence-electron chi connectivity index (χ2n) is 4.97. The van der Waals surface area contributed by atoms with Gasteiger partial charge in [0.15, 0.2) is 0 Å². The summed E-state index contributed by atoms with van der Waals surface area (Å²) >= 11 is 0. The summed E-state index contributed by atoms with van der Waals surface area (Å²) in [5.41, 5.74) is 5.27. The maximum absolute atomic E-state index is 11.8. The Kier molecular flexibility index (Phi) is 6.27. The lowest BCUT2D eigenvalue weighted by Crippen LogP contribution is -2.44. The lowest BCUT2D eigenvalue weighted by Gasteiger charge is -2.16. The molecule has 1 aliphatic carbocycles. The van der Waals surface area contributed by atoms with Crippen LogP contribution in [0.15, 0.2) is 0 Å². The summed E-state index contributed by atoms with van der Waals surface area (Å²) in [6.45, 7) is 0. The van der Waals surface area contributed by atoms with E-state index in [4.69, 9.17) is 12.2 Å². The van der Waals surface area contributed by atoms with E-state index in [0.717, 1.165) is 12.8 Å². The highest BCUT2D eigenvalue weighted by molar-refractivity contribution is 5.86. The van der Waals surface area contributed by atoms with Gasteiger partial charge in [0.05, 0.1) is 0 Å². The number of rotatable bonds is 7. The van der Waals surface area contributed by atoms with Gasteiger partial charge in [-0.15, -0.1) is 12.3 Å². The van der Waals surface area contributed by atoms with Crippen molar-refractivity contribution in [1.82, 2.24) is 5.32 Å². The molecule has 0 radical (unpaired) electrons. The van der Waals surface area contributed by atoms with Gasteiger partial charge in [-0.3, -0.25) is 9.59 Å². The largest absolute Gasteiger partial charge is 0.368 e. The number of hydrogen-bond donors (Lipinski definition) is 2. The lowest BCUT2D eigenvalue weighted by molar-refractivity contribution is -0.128. The van der Waals surface area contributed by atoms with Gasteiger partial charge in [0.25, 0.3) is 0 Å². The summed E-state index contributed by atoms with van der Waals surface area (Å²) in [6.07, 6.45) is 12.1. The molecule has 1 fully saturated rings. The molecule has 2 amide bonds. The Morgan fingerprint density at radius 3 is 2.61 bits per heavy atom. The van der Waals surface area contributed by atoms with Crippen LogP contribution in [0.1, 0.15) is 51.4 Å². The molecule has 0 unspecified atom stereocenters. The SMILES string of the molecule is C#CCCC[C@H](NC(=O)CC1CCCC1)C(N)=O. The first kappa shape index (κ1) is 14.6. The van der Waals surface area contributed by atoms with Gasteiger partial charge in [0.2, 0.25) is 11.8 Å². The Morgan fingerprint density at radius 2 is 2.06 bits per heavy atom. The zero-order chi connectivity index (χ0) is 13.4. The van der Waals surface area contributed by atoms with Crippen LogP contribution in [0.5, 0.6) is 0 Å². The maximum Gasteiger partial charge on any atom is 0.240 e. The Balaban J connectivity index is 2.32. The van der Waals surface area contributed by atoms with Gasteiger partial charge in [-0.2, -0.15) is 0 Å². The molecule has 3 N–H and O–H groups in total. The molecule has 4 nitrogen and oxygen atoms in total. The predicted octanol–water partition coefficient (Wildman–Crippen LogP) is 1.34. The van der Waals surface area contributed by atoms with Crippen molar-refractivity contribution in [3.05, 3.63) is 0 Å². The minimum Gasteiger partial charge on any atom is -0.368 e. The Morgan fingerprint density at radius 1 is 1.39 bits per heavy atom. The third-order valence-corrected chi connectivity index (χ3v) is 3.44. The third kappa shape index (κ3) is 5.22. The van der Waals surface area contributed by atoms with Crippen LogP contribution < -0.4 is 11.1 Å². The number of unbranched alkanes of at least 4 members (excludes halogenated alkanes) is 1. The molecule has 0 spiro atoms. The number of primary amides is 1. The highest BCUT2D eigenvalue weighted by atomic mass is 16.2. The average molecular weight is 250 g/mol. The van der Waals surface area contributed by atoms with Gasteiger partial charge >= 0.3 is 0 Å². The first-order valence-corrected chi connectivity index (χ1v) is 6.65. The quantitative estimate of drug-likeness (QED) is 0.528. The third-order valence-electron chi connectivity index (χ3n) is 3.44. The number of nitrogens with two attached hydrogens (primary N) is 1. The smallest absolute Gasteiger partial charge is 0.240 e. The molecule has 1 atom stereocenters. The van der Waals surface area contributed by atoms with Crippen molar-refractivity contribution in [1.29, 1.82) is 0 Å². The van der Waals surface area contributed by atoms with Crippen molar-refractivity contribution in [2.75, 3.05) is 0 Å². The topological polar surface area (TPSA) is 72.2 Å². The molecule has 0 heterocycles. The van der Waals surface area contributed by atoms with E-state index < -0.39 is 11.9 Å². The van der Waals surface area contributed by atoms with E-state index in [1.54, 1.807) is 0 Å². The Labute approximate surface area is 109 Å². The first-order chi connectivity index (χ1) is 8.63. The van der Waals surface area contributed by atoms with E-state index in [2.05, 4.69) is 11.2 Å². The van der Waals surface area contributed by atoms with E-state index in [1.165, 1.54) is 12.8 Å². The molecule has 0 saturated heterocycles. The van der Waals surface area contributed by atoms with E-state index in [9.17, 15) is 9.59 Å². The number of nitrogens with one attached hydrogen (secondary N) is 1. The van der Waals surface area contributed by atoms with Crippen molar-refractivity contribution in [2.45, 2.75) is 57.4 Å². The van der Waals surface area contributed by atoms with Gasteiger partial charge in [-0.1, -0.05) is 12.8 Å². The molecular formula is C14H22N2O2.